The molecule has 0 aliphatic carbocycles. The number of benzene rings is 9. The van der Waals surface area contributed by atoms with E-state index < -0.39 is 0 Å². The predicted octanol–water partition coefficient (Wildman–Crippen LogP) is 12.8. The molecule has 3 heteroatoms. The summed E-state index contributed by atoms with van der Waals surface area (Å²) in [7, 11) is 0. The Hall–Kier alpha value is -6.97. The SMILES string of the molecule is c1ccc(-c2nc(-c3ccccc3)nc(-c3ccc(-c4ccc(-c5cc6ccccc6c6ccccc56)c5ccccc45)c4ccccc34)n2)cc1. The van der Waals surface area contributed by atoms with Gasteiger partial charge in [-0.2, -0.15) is 0 Å². The molecule has 3 nitrogen and oxygen atoms in total. The van der Waals surface area contributed by atoms with Crippen molar-refractivity contribution in [1.29, 1.82) is 0 Å². The maximum atomic E-state index is 5.07. The lowest BCUT2D eigenvalue weighted by Gasteiger charge is -2.17. The van der Waals surface area contributed by atoms with Crippen LogP contribution in [0.15, 0.2) is 188 Å². The van der Waals surface area contributed by atoms with Gasteiger partial charge in [0.15, 0.2) is 17.5 Å². The minimum Gasteiger partial charge on any atom is -0.208 e. The van der Waals surface area contributed by atoms with Gasteiger partial charge in [0.2, 0.25) is 0 Å². The Labute approximate surface area is 301 Å². The third kappa shape index (κ3) is 5.02. The largest absolute Gasteiger partial charge is 0.208 e. The van der Waals surface area contributed by atoms with E-state index in [1.807, 2.05) is 60.7 Å². The zero-order valence-electron chi connectivity index (χ0n) is 28.2. The molecule has 1 aromatic heterocycles. The summed E-state index contributed by atoms with van der Waals surface area (Å²) in [4.78, 5) is 15.1. The lowest BCUT2D eigenvalue weighted by Crippen LogP contribution is -2.00. The molecule has 0 saturated carbocycles. The van der Waals surface area contributed by atoms with E-state index in [1.54, 1.807) is 0 Å². The van der Waals surface area contributed by atoms with E-state index in [-0.39, 0.29) is 0 Å². The molecule has 52 heavy (non-hydrogen) atoms. The summed E-state index contributed by atoms with van der Waals surface area (Å²) in [6, 6.07) is 66.5. The molecular formula is C49H31N3. The summed E-state index contributed by atoms with van der Waals surface area (Å²) in [6.07, 6.45) is 0. The monoisotopic (exact) mass is 661 g/mol. The summed E-state index contributed by atoms with van der Waals surface area (Å²) < 4.78 is 0. The van der Waals surface area contributed by atoms with Gasteiger partial charge in [0.05, 0.1) is 0 Å². The number of nitrogens with zero attached hydrogens (tertiary/aromatic N) is 3. The third-order valence-electron chi connectivity index (χ3n) is 10.1. The normalized spacial score (nSPS) is 11.5. The highest BCUT2D eigenvalue weighted by Gasteiger charge is 2.18. The fourth-order valence-electron chi connectivity index (χ4n) is 7.70. The molecular weight excluding hydrogens is 631 g/mol. The molecule has 0 radical (unpaired) electrons. The van der Waals surface area contributed by atoms with Crippen LogP contribution in [0, 0.1) is 0 Å². The molecule has 0 aliphatic rings. The number of hydrogen-bond acceptors (Lipinski definition) is 3. The molecule has 242 valence electrons. The van der Waals surface area contributed by atoms with Crippen LogP contribution in [0.25, 0.3) is 99.5 Å². The molecule has 1 heterocycles. The standard InChI is InChI=1S/C49H31N3/c1-3-15-32(16-4-1)47-50-48(33-17-5-2-6-18-33)52-49(51-47)45-30-29-43(39-24-12-13-25-40(39)45)42-27-28-44(38-23-11-10-22-37(38)42)46-31-34-19-7-8-20-35(34)36-21-9-14-26-41(36)46/h1-31H. The third-order valence-corrected chi connectivity index (χ3v) is 10.1. The Morgan fingerprint density at radius 1 is 0.231 bits per heavy atom. The predicted molar refractivity (Wildman–Crippen MR) is 217 cm³/mol. The Kier molecular flexibility index (Phi) is 7.14. The van der Waals surface area contributed by atoms with Crippen molar-refractivity contribution in [3.63, 3.8) is 0 Å². The Bertz CT molecular complexity index is 2890. The van der Waals surface area contributed by atoms with Gasteiger partial charge in [0, 0.05) is 16.7 Å². The van der Waals surface area contributed by atoms with Crippen LogP contribution in [0.2, 0.25) is 0 Å². The molecule has 0 saturated heterocycles. The highest BCUT2D eigenvalue weighted by atomic mass is 15.0. The van der Waals surface area contributed by atoms with Crippen molar-refractivity contribution in [3.05, 3.63) is 188 Å². The lowest BCUT2D eigenvalue weighted by atomic mass is 9.87. The molecule has 10 aromatic rings. The van der Waals surface area contributed by atoms with Gasteiger partial charge in [-0.25, -0.2) is 15.0 Å². The summed E-state index contributed by atoms with van der Waals surface area (Å²) in [6.45, 7) is 0. The first-order valence-electron chi connectivity index (χ1n) is 17.6. The summed E-state index contributed by atoms with van der Waals surface area (Å²) >= 11 is 0. The minimum atomic E-state index is 0.652. The first-order chi connectivity index (χ1) is 25.8. The molecule has 0 spiro atoms. The van der Waals surface area contributed by atoms with Crippen LogP contribution in [-0.2, 0) is 0 Å². The molecule has 9 aromatic carbocycles. The molecule has 0 atom stereocenters. The summed E-state index contributed by atoms with van der Waals surface area (Å²) in [5.74, 6) is 1.96. The summed E-state index contributed by atoms with van der Waals surface area (Å²) in [5.41, 5.74) is 7.72. The van der Waals surface area contributed by atoms with Crippen molar-refractivity contribution in [2.24, 2.45) is 0 Å². The van der Waals surface area contributed by atoms with Gasteiger partial charge in [-0.3, -0.25) is 0 Å². The molecule has 0 fully saturated rings. The van der Waals surface area contributed by atoms with Crippen LogP contribution >= 0.6 is 0 Å². The zero-order valence-corrected chi connectivity index (χ0v) is 28.2. The van der Waals surface area contributed by atoms with Gasteiger partial charge in [0.1, 0.15) is 0 Å². The fraction of sp³-hybridized carbons (Fsp3) is 0. The Morgan fingerprint density at radius 2 is 0.577 bits per heavy atom. The number of fused-ring (bicyclic) bond motifs is 5. The van der Waals surface area contributed by atoms with Crippen LogP contribution in [0.3, 0.4) is 0 Å². The number of hydrogen-bond donors (Lipinski definition) is 0. The summed E-state index contributed by atoms with van der Waals surface area (Å²) in [5, 5.41) is 9.74. The number of rotatable bonds is 5. The minimum absolute atomic E-state index is 0.652. The quantitative estimate of drug-likeness (QED) is 0.172. The van der Waals surface area contributed by atoms with Crippen LogP contribution in [0.4, 0.5) is 0 Å². The van der Waals surface area contributed by atoms with Crippen LogP contribution < -0.4 is 0 Å². The van der Waals surface area contributed by atoms with Crippen molar-refractivity contribution in [2.75, 3.05) is 0 Å². The highest BCUT2D eigenvalue weighted by molar-refractivity contribution is 6.18. The Morgan fingerprint density at radius 3 is 1.10 bits per heavy atom. The van der Waals surface area contributed by atoms with Gasteiger partial charge in [-0.05, 0) is 77.5 Å². The Balaban J connectivity index is 1.17. The van der Waals surface area contributed by atoms with Gasteiger partial charge >= 0.3 is 0 Å². The van der Waals surface area contributed by atoms with E-state index in [1.165, 1.54) is 54.6 Å². The van der Waals surface area contributed by atoms with Crippen LogP contribution in [0.5, 0.6) is 0 Å². The lowest BCUT2D eigenvalue weighted by molar-refractivity contribution is 1.08. The second kappa shape index (κ2) is 12.4. The molecule has 0 N–H and O–H groups in total. The average molecular weight is 662 g/mol. The van der Waals surface area contributed by atoms with Crippen molar-refractivity contribution >= 4 is 43.1 Å². The smallest absolute Gasteiger partial charge is 0.164 e. The van der Waals surface area contributed by atoms with Gasteiger partial charge in [-0.1, -0.05) is 176 Å². The van der Waals surface area contributed by atoms with Crippen LogP contribution in [-0.4, -0.2) is 15.0 Å². The van der Waals surface area contributed by atoms with Crippen molar-refractivity contribution in [3.8, 4) is 56.4 Å². The van der Waals surface area contributed by atoms with Crippen molar-refractivity contribution in [1.82, 2.24) is 15.0 Å². The second-order valence-corrected chi connectivity index (χ2v) is 13.1. The van der Waals surface area contributed by atoms with Gasteiger partial charge < -0.3 is 0 Å². The van der Waals surface area contributed by atoms with Gasteiger partial charge in [-0.15, -0.1) is 0 Å². The van der Waals surface area contributed by atoms with E-state index in [4.69, 9.17) is 15.0 Å². The zero-order chi connectivity index (χ0) is 34.4. The first-order valence-corrected chi connectivity index (χ1v) is 17.6. The second-order valence-electron chi connectivity index (χ2n) is 13.1. The molecule has 0 bridgehead atoms. The molecule has 0 amide bonds. The highest BCUT2D eigenvalue weighted by Crippen LogP contribution is 2.43. The maximum Gasteiger partial charge on any atom is 0.164 e. The van der Waals surface area contributed by atoms with E-state index in [0.29, 0.717) is 17.5 Å². The van der Waals surface area contributed by atoms with E-state index in [9.17, 15) is 0 Å². The molecule has 0 unspecified atom stereocenters. The molecule has 0 aliphatic heterocycles. The van der Waals surface area contributed by atoms with Gasteiger partial charge in [0.25, 0.3) is 0 Å². The fourth-order valence-corrected chi connectivity index (χ4v) is 7.70. The first kappa shape index (κ1) is 29.9. The van der Waals surface area contributed by atoms with E-state index in [2.05, 4.69) is 127 Å². The average Bonchev–Trinajstić information content (AvgIpc) is 3.23. The van der Waals surface area contributed by atoms with Crippen LogP contribution in [0.1, 0.15) is 0 Å². The maximum absolute atomic E-state index is 5.07. The molecule has 10 rings (SSSR count). The van der Waals surface area contributed by atoms with Crippen molar-refractivity contribution in [2.45, 2.75) is 0 Å². The van der Waals surface area contributed by atoms with Crippen molar-refractivity contribution < 1.29 is 0 Å². The van der Waals surface area contributed by atoms with E-state index >= 15 is 0 Å². The van der Waals surface area contributed by atoms with E-state index in [0.717, 1.165) is 27.5 Å². The number of aromatic nitrogens is 3. The topological polar surface area (TPSA) is 38.7 Å².